The molecule has 0 spiro atoms. The highest BCUT2D eigenvalue weighted by molar-refractivity contribution is 5.79. The second kappa shape index (κ2) is 6.46. The van der Waals surface area contributed by atoms with E-state index in [2.05, 4.69) is 40.0 Å². The number of aryl methyl sites for hydroxylation is 1. The van der Waals surface area contributed by atoms with Crippen LogP contribution in [0.1, 0.15) is 38.5 Å². The first-order chi connectivity index (χ1) is 11.7. The largest absolute Gasteiger partial charge is 0.353 e. The van der Waals surface area contributed by atoms with Gasteiger partial charge >= 0.3 is 0 Å². The minimum absolute atomic E-state index is 0.251. The van der Waals surface area contributed by atoms with Crippen molar-refractivity contribution in [2.45, 2.75) is 44.6 Å². The molecule has 1 aromatic carbocycles. The van der Waals surface area contributed by atoms with Crippen molar-refractivity contribution >= 4 is 22.9 Å². The fourth-order valence-corrected chi connectivity index (χ4v) is 3.85. The predicted molar refractivity (Wildman–Crippen MR) is 96.0 cm³/mol. The lowest BCUT2D eigenvalue weighted by Crippen LogP contribution is -2.41. The summed E-state index contributed by atoms with van der Waals surface area (Å²) in [4.78, 5) is 19.2. The molecule has 1 saturated carbocycles. The smallest absolute Gasteiger partial charge is 0.220 e. The Morgan fingerprint density at radius 1 is 1.21 bits per heavy atom. The topological polar surface area (TPSA) is 50.2 Å². The van der Waals surface area contributed by atoms with Gasteiger partial charge in [-0.25, -0.2) is 4.98 Å². The lowest BCUT2D eigenvalue weighted by Gasteiger charge is -2.33. The third kappa shape index (κ3) is 2.99. The van der Waals surface area contributed by atoms with Gasteiger partial charge in [0.05, 0.1) is 11.0 Å². The summed E-state index contributed by atoms with van der Waals surface area (Å²) in [6.07, 6.45) is 6.42. The number of nitrogens with zero attached hydrogens (tertiary/aromatic N) is 3. The maximum atomic E-state index is 12.1. The predicted octanol–water partition coefficient (Wildman–Crippen LogP) is 2.85. The van der Waals surface area contributed by atoms with Crippen molar-refractivity contribution in [3.8, 4) is 0 Å². The summed E-state index contributed by atoms with van der Waals surface area (Å²) in [5, 5.41) is 3.16. The molecule has 4 rings (SSSR count). The molecule has 1 N–H and O–H groups in total. The standard InChI is InChI=1S/C19H26N4O/c1-22-17-8-3-2-7-16(17)21-19(22)23-11-9-14(10-12-23)13-18(24)20-15-5-4-6-15/h2-3,7-8,14-15H,4-6,9-13H2,1H3,(H,20,24). The summed E-state index contributed by atoms with van der Waals surface area (Å²) in [6.45, 7) is 1.97. The number of anilines is 1. The average molecular weight is 326 g/mol. The Morgan fingerprint density at radius 3 is 2.62 bits per heavy atom. The first kappa shape index (κ1) is 15.5. The van der Waals surface area contributed by atoms with Crippen LogP contribution >= 0.6 is 0 Å². The van der Waals surface area contributed by atoms with Crippen molar-refractivity contribution in [1.82, 2.24) is 14.9 Å². The second-order valence-corrected chi connectivity index (χ2v) is 7.29. The van der Waals surface area contributed by atoms with E-state index >= 15 is 0 Å². The molecule has 24 heavy (non-hydrogen) atoms. The highest BCUT2D eigenvalue weighted by atomic mass is 16.1. The number of benzene rings is 1. The number of piperidine rings is 1. The van der Waals surface area contributed by atoms with Gasteiger partial charge in [0.2, 0.25) is 11.9 Å². The summed E-state index contributed by atoms with van der Waals surface area (Å²) >= 11 is 0. The number of aromatic nitrogens is 2. The molecule has 1 aliphatic heterocycles. The molecule has 1 aromatic heterocycles. The average Bonchev–Trinajstić information content (AvgIpc) is 2.89. The van der Waals surface area contributed by atoms with Crippen LogP contribution in [0.25, 0.3) is 11.0 Å². The van der Waals surface area contributed by atoms with Gasteiger partial charge in [0.1, 0.15) is 0 Å². The normalized spacial score (nSPS) is 19.5. The number of imidazole rings is 1. The maximum Gasteiger partial charge on any atom is 0.220 e. The molecule has 0 unspecified atom stereocenters. The van der Waals surface area contributed by atoms with Crippen LogP contribution in [0.5, 0.6) is 0 Å². The number of nitrogens with one attached hydrogen (secondary N) is 1. The lowest BCUT2D eigenvalue weighted by atomic mass is 9.91. The minimum atomic E-state index is 0.251. The van der Waals surface area contributed by atoms with E-state index in [1.54, 1.807) is 0 Å². The van der Waals surface area contributed by atoms with E-state index in [-0.39, 0.29) is 5.91 Å². The van der Waals surface area contributed by atoms with Crippen molar-refractivity contribution in [2.75, 3.05) is 18.0 Å². The van der Waals surface area contributed by atoms with Crippen molar-refractivity contribution in [3.05, 3.63) is 24.3 Å². The van der Waals surface area contributed by atoms with Crippen molar-refractivity contribution in [3.63, 3.8) is 0 Å². The molecular formula is C19H26N4O. The zero-order valence-electron chi connectivity index (χ0n) is 14.4. The molecule has 1 amide bonds. The molecule has 2 aromatic rings. The molecule has 2 fully saturated rings. The van der Waals surface area contributed by atoms with Gasteiger partial charge in [-0.3, -0.25) is 4.79 Å². The Hall–Kier alpha value is -2.04. The summed E-state index contributed by atoms with van der Waals surface area (Å²) in [5.74, 6) is 1.81. The van der Waals surface area contributed by atoms with Crippen molar-refractivity contribution in [1.29, 1.82) is 0 Å². The van der Waals surface area contributed by atoms with Gasteiger partial charge in [0.15, 0.2) is 0 Å². The number of carbonyl (C=O) groups is 1. The van der Waals surface area contributed by atoms with Crippen molar-refractivity contribution in [2.24, 2.45) is 13.0 Å². The SMILES string of the molecule is Cn1c(N2CCC(CC(=O)NC3CCC3)CC2)nc2ccccc21. The van der Waals surface area contributed by atoms with Crippen LogP contribution in [-0.2, 0) is 11.8 Å². The zero-order valence-corrected chi connectivity index (χ0v) is 14.4. The van der Waals surface area contributed by atoms with Crippen molar-refractivity contribution < 1.29 is 4.79 Å². The van der Waals surface area contributed by atoms with E-state index in [0.29, 0.717) is 18.4 Å². The molecule has 2 heterocycles. The van der Waals surface area contributed by atoms with Gasteiger partial charge < -0.3 is 14.8 Å². The highest BCUT2D eigenvalue weighted by Gasteiger charge is 2.26. The zero-order chi connectivity index (χ0) is 16.5. The van der Waals surface area contributed by atoms with Gasteiger partial charge in [0, 0.05) is 32.6 Å². The Morgan fingerprint density at radius 2 is 1.96 bits per heavy atom. The summed E-state index contributed by atoms with van der Waals surface area (Å²) in [5.41, 5.74) is 2.23. The lowest BCUT2D eigenvalue weighted by molar-refractivity contribution is -0.123. The number of carbonyl (C=O) groups excluding carboxylic acids is 1. The first-order valence-corrected chi connectivity index (χ1v) is 9.16. The molecule has 128 valence electrons. The Bertz CT molecular complexity index is 726. The number of rotatable bonds is 4. The van der Waals surface area contributed by atoms with Gasteiger partial charge in [0.25, 0.3) is 0 Å². The van der Waals surface area contributed by atoms with Crippen LogP contribution in [0.3, 0.4) is 0 Å². The molecule has 5 heteroatoms. The van der Waals surface area contributed by atoms with Crippen LogP contribution in [0.2, 0.25) is 0 Å². The quantitative estimate of drug-likeness (QED) is 0.940. The number of hydrogen-bond acceptors (Lipinski definition) is 3. The van der Waals surface area contributed by atoms with Crippen LogP contribution in [0.15, 0.2) is 24.3 Å². The van der Waals surface area contributed by atoms with Gasteiger partial charge in [-0.15, -0.1) is 0 Å². The van der Waals surface area contributed by atoms with E-state index in [4.69, 9.17) is 4.98 Å². The third-order valence-corrected chi connectivity index (χ3v) is 5.61. The van der Waals surface area contributed by atoms with E-state index in [0.717, 1.165) is 50.2 Å². The fourth-order valence-electron chi connectivity index (χ4n) is 3.85. The van der Waals surface area contributed by atoms with Gasteiger partial charge in [-0.1, -0.05) is 12.1 Å². The highest BCUT2D eigenvalue weighted by Crippen LogP contribution is 2.27. The van der Waals surface area contributed by atoms with Crippen LogP contribution in [0.4, 0.5) is 5.95 Å². The van der Waals surface area contributed by atoms with E-state index in [1.165, 1.54) is 11.9 Å². The van der Waals surface area contributed by atoms with E-state index in [1.807, 2.05) is 6.07 Å². The monoisotopic (exact) mass is 326 g/mol. The first-order valence-electron chi connectivity index (χ1n) is 9.16. The van der Waals surface area contributed by atoms with E-state index < -0.39 is 0 Å². The number of para-hydroxylation sites is 2. The number of amides is 1. The molecule has 1 aliphatic carbocycles. The Balaban J connectivity index is 1.35. The fraction of sp³-hybridized carbons (Fsp3) is 0.579. The Labute approximate surface area is 143 Å². The summed E-state index contributed by atoms with van der Waals surface area (Å²) in [6, 6.07) is 8.73. The van der Waals surface area contributed by atoms with Crippen LogP contribution < -0.4 is 10.2 Å². The molecule has 2 aliphatic rings. The molecule has 1 saturated heterocycles. The molecule has 0 radical (unpaired) electrons. The minimum Gasteiger partial charge on any atom is -0.353 e. The molecular weight excluding hydrogens is 300 g/mol. The molecule has 5 nitrogen and oxygen atoms in total. The van der Waals surface area contributed by atoms with Gasteiger partial charge in [-0.05, 0) is 50.2 Å². The second-order valence-electron chi connectivity index (χ2n) is 7.29. The Kier molecular flexibility index (Phi) is 4.17. The number of fused-ring (bicyclic) bond motifs is 1. The van der Waals surface area contributed by atoms with Gasteiger partial charge in [-0.2, -0.15) is 0 Å². The van der Waals surface area contributed by atoms with E-state index in [9.17, 15) is 4.79 Å². The third-order valence-electron chi connectivity index (χ3n) is 5.61. The molecule has 0 atom stereocenters. The van der Waals surface area contributed by atoms with Crippen LogP contribution in [0, 0.1) is 5.92 Å². The van der Waals surface area contributed by atoms with Crippen LogP contribution in [-0.4, -0.2) is 34.6 Å². The molecule has 0 bridgehead atoms. The number of hydrogen-bond donors (Lipinski definition) is 1. The summed E-state index contributed by atoms with van der Waals surface area (Å²) in [7, 11) is 2.09. The maximum absolute atomic E-state index is 12.1. The summed E-state index contributed by atoms with van der Waals surface area (Å²) < 4.78 is 2.18.